The molecule has 2 aromatic heterocycles. The predicted octanol–water partition coefficient (Wildman–Crippen LogP) is 1.92. The summed E-state index contributed by atoms with van der Waals surface area (Å²) in [5.74, 6) is 0.988. The molecule has 1 saturated heterocycles. The van der Waals surface area contributed by atoms with Crippen molar-refractivity contribution in [3.8, 4) is 0 Å². The number of hydrogen-bond acceptors (Lipinski definition) is 10. The molecule has 0 spiro atoms. The van der Waals surface area contributed by atoms with Crippen LogP contribution >= 0.6 is 0 Å². The van der Waals surface area contributed by atoms with Gasteiger partial charge in [0.1, 0.15) is 29.9 Å². The number of carbonyl (C=O) groups is 2. The van der Waals surface area contributed by atoms with Crippen LogP contribution in [0.2, 0.25) is 0 Å². The van der Waals surface area contributed by atoms with Crippen LogP contribution in [0.3, 0.4) is 0 Å². The van der Waals surface area contributed by atoms with Gasteiger partial charge in [-0.15, -0.1) is 0 Å². The molecule has 3 aromatic rings. The van der Waals surface area contributed by atoms with Crippen LogP contribution in [0.25, 0.3) is 11.2 Å². The number of hydrogen-bond donors (Lipinski definition) is 4. The molecule has 1 unspecified atom stereocenters. The van der Waals surface area contributed by atoms with Crippen molar-refractivity contribution in [2.24, 2.45) is 5.92 Å². The molecule has 1 aliphatic carbocycles. The Balaban J connectivity index is 1.13. The number of likely N-dealkylation sites (tertiary alicyclic amines) is 1. The number of imidazole rings is 1. The number of aromatic nitrogens is 4. The number of aryl methyl sites for hydroxylation is 1. The van der Waals surface area contributed by atoms with Crippen molar-refractivity contribution in [1.82, 2.24) is 29.7 Å². The monoisotopic (exact) mass is 593 g/mol. The number of rotatable bonds is 13. The van der Waals surface area contributed by atoms with E-state index >= 15 is 0 Å². The number of benzene rings is 1. The highest BCUT2D eigenvalue weighted by atomic mass is 16.6. The average Bonchev–Trinajstić information content (AvgIpc) is 3.73. The van der Waals surface area contributed by atoms with Crippen LogP contribution in [0.5, 0.6) is 0 Å². The first-order valence-corrected chi connectivity index (χ1v) is 14.7. The van der Waals surface area contributed by atoms with Crippen molar-refractivity contribution in [3.05, 3.63) is 60.4 Å². The van der Waals surface area contributed by atoms with Crippen LogP contribution in [0.1, 0.15) is 43.5 Å². The summed E-state index contributed by atoms with van der Waals surface area (Å²) in [6, 6.07) is 10.1. The number of nitrogens with one attached hydrogen (secondary N) is 1. The van der Waals surface area contributed by atoms with Crippen LogP contribution < -0.4 is 11.1 Å². The van der Waals surface area contributed by atoms with E-state index in [9.17, 15) is 19.8 Å². The predicted molar refractivity (Wildman–Crippen MR) is 157 cm³/mol. The van der Waals surface area contributed by atoms with Crippen LogP contribution in [-0.4, -0.2) is 84.6 Å². The largest absolute Gasteiger partial charge is 0.415 e. The lowest BCUT2D eigenvalue weighted by Gasteiger charge is -2.31. The molecule has 2 atom stereocenters. The third-order valence-corrected chi connectivity index (χ3v) is 7.76. The van der Waals surface area contributed by atoms with Crippen molar-refractivity contribution >= 4 is 29.0 Å². The number of ether oxygens (including phenoxy) is 2. The molecule has 5 N–H and O–H groups in total. The number of anilines is 1. The molecule has 1 aromatic carbocycles. The fourth-order valence-electron chi connectivity index (χ4n) is 5.07. The van der Waals surface area contributed by atoms with Gasteiger partial charge in [0.25, 0.3) is 5.91 Å². The quantitative estimate of drug-likeness (QED) is 0.214. The Kier molecular flexibility index (Phi) is 9.85. The number of aliphatic hydroxyl groups is 2. The van der Waals surface area contributed by atoms with Gasteiger partial charge < -0.3 is 35.6 Å². The van der Waals surface area contributed by atoms with Crippen LogP contribution in [-0.2, 0) is 33.8 Å². The number of amides is 2. The van der Waals surface area contributed by atoms with Crippen molar-refractivity contribution in [3.63, 3.8) is 0 Å². The van der Waals surface area contributed by atoms with Gasteiger partial charge in [0, 0.05) is 32.0 Å². The number of nitrogens with zero attached hydrogens (tertiary/aromatic N) is 5. The fraction of sp³-hybridized carbons (Fsp3) is 0.500. The average molecular weight is 594 g/mol. The molecule has 1 aliphatic heterocycles. The SMILES string of the molecule is C=C(CCc1ccccc1)OC(=O)N1CCC(Cc2nc(N)c3ncn(CO[C@H](C(=O)NC4CC4)C(O)CO)c3n2)CC1. The van der Waals surface area contributed by atoms with Gasteiger partial charge in [-0.1, -0.05) is 36.9 Å². The number of piperidine rings is 1. The molecular formula is C30H39N7O6. The van der Waals surface area contributed by atoms with E-state index in [4.69, 9.17) is 15.2 Å². The molecule has 3 heterocycles. The highest BCUT2D eigenvalue weighted by Gasteiger charge is 2.32. The van der Waals surface area contributed by atoms with E-state index in [1.165, 1.54) is 6.33 Å². The number of allylic oxidation sites excluding steroid dienone is 1. The highest BCUT2D eigenvalue weighted by molar-refractivity contribution is 5.82. The van der Waals surface area contributed by atoms with Crippen molar-refractivity contribution < 1.29 is 29.3 Å². The van der Waals surface area contributed by atoms with E-state index in [2.05, 4.69) is 26.8 Å². The zero-order valence-electron chi connectivity index (χ0n) is 24.1. The smallest absolute Gasteiger partial charge is 0.414 e. The standard InChI is InChI=1S/C30H39N7O6/c1-19(7-8-20-5-3-2-4-6-20)43-30(41)36-13-11-21(12-14-36)15-24-34-27(31)25-28(35-24)37(17-32-25)18-42-26(23(39)16-38)29(40)33-22-9-10-22/h2-6,17,21-23,26,38-39H,1,7-16,18H2,(H,33,40)(H2,31,34,35)/t23?,26-/m0/s1. The first-order chi connectivity index (χ1) is 20.8. The minimum absolute atomic E-state index is 0.0792. The molecule has 2 fully saturated rings. The summed E-state index contributed by atoms with van der Waals surface area (Å²) in [4.78, 5) is 40.3. The summed E-state index contributed by atoms with van der Waals surface area (Å²) in [5, 5.41) is 22.4. The third-order valence-electron chi connectivity index (χ3n) is 7.76. The zero-order chi connectivity index (χ0) is 30.3. The number of nitrogens with two attached hydrogens (primary N) is 1. The summed E-state index contributed by atoms with van der Waals surface area (Å²) in [6.07, 6.45) is 3.65. The number of nitrogen functional groups attached to an aromatic ring is 1. The van der Waals surface area contributed by atoms with Gasteiger partial charge in [0.05, 0.1) is 12.9 Å². The summed E-state index contributed by atoms with van der Waals surface area (Å²) in [7, 11) is 0. The second-order valence-electron chi connectivity index (χ2n) is 11.2. The van der Waals surface area contributed by atoms with Crippen LogP contribution in [0, 0.1) is 5.92 Å². The van der Waals surface area contributed by atoms with E-state index in [-0.39, 0.29) is 30.6 Å². The van der Waals surface area contributed by atoms with Crippen LogP contribution in [0.15, 0.2) is 49.0 Å². The fourth-order valence-corrected chi connectivity index (χ4v) is 5.07. The maximum absolute atomic E-state index is 12.7. The summed E-state index contributed by atoms with van der Waals surface area (Å²) in [6.45, 7) is 4.26. The maximum atomic E-state index is 12.7. The number of aliphatic hydroxyl groups excluding tert-OH is 2. The van der Waals surface area contributed by atoms with Crippen LogP contribution in [0.4, 0.5) is 10.6 Å². The van der Waals surface area contributed by atoms with Gasteiger partial charge in [-0.05, 0) is 43.6 Å². The van der Waals surface area contributed by atoms with Crippen molar-refractivity contribution in [1.29, 1.82) is 0 Å². The third kappa shape index (κ3) is 8.06. The second kappa shape index (κ2) is 13.9. The molecule has 43 heavy (non-hydrogen) atoms. The maximum Gasteiger partial charge on any atom is 0.414 e. The summed E-state index contributed by atoms with van der Waals surface area (Å²) in [5.41, 5.74) is 8.21. The Hall–Kier alpha value is -4.07. The van der Waals surface area contributed by atoms with Gasteiger partial charge in [-0.3, -0.25) is 9.36 Å². The van der Waals surface area contributed by atoms with Gasteiger partial charge in [0.15, 0.2) is 17.6 Å². The minimum atomic E-state index is -1.38. The minimum Gasteiger partial charge on any atom is -0.415 e. The molecule has 13 nitrogen and oxygen atoms in total. The molecule has 0 bridgehead atoms. The summed E-state index contributed by atoms with van der Waals surface area (Å²) < 4.78 is 12.8. The normalized spacial score (nSPS) is 17.0. The molecule has 1 saturated carbocycles. The Morgan fingerprint density at radius 1 is 1.14 bits per heavy atom. The number of fused-ring (bicyclic) bond motifs is 1. The second-order valence-corrected chi connectivity index (χ2v) is 11.2. The lowest BCUT2D eigenvalue weighted by atomic mass is 9.93. The lowest BCUT2D eigenvalue weighted by Crippen LogP contribution is -2.46. The van der Waals surface area contributed by atoms with E-state index in [0.29, 0.717) is 48.7 Å². The van der Waals surface area contributed by atoms with Gasteiger partial charge in [0.2, 0.25) is 0 Å². The molecule has 0 radical (unpaired) electrons. The van der Waals surface area contributed by atoms with Crippen molar-refractivity contribution in [2.45, 2.75) is 69.9 Å². The van der Waals surface area contributed by atoms with Gasteiger partial charge >= 0.3 is 6.09 Å². The Morgan fingerprint density at radius 3 is 2.58 bits per heavy atom. The molecule has 230 valence electrons. The topological polar surface area (TPSA) is 178 Å². The Labute approximate surface area is 249 Å². The molecule has 5 rings (SSSR count). The molecule has 2 amide bonds. The van der Waals surface area contributed by atoms with E-state index in [1.807, 2.05) is 30.3 Å². The zero-order valence-corrected chi connectivity index (χ0v) is 24.1. The van der Waals surface area contributed by atoms with Crippen molar-refractivity contribution in [2.75, 3.05) is 25.4 Å². The Morgan fingerprint density at radius 2 is 1.88 bits per heavy atom. The lowest BCUT2D eigenvalue weighted by molar-refractivity contribution is -0.147. The Bertz CT molecular complexity index is 1420. The summed E-state index contributed by atoms with van der Waals surface area (Å²) >= 11 is 0. The first kappa shape index (κ1) is 30.4. The highest BCUT2D eigenvalue weighted by Crippen LogP contribution is 2.24. The molecular weight excluding hydrogens is 554 g/mol. The molecule has 13 heteroatoms. The molecule has 2 aliphatic rings. The van der Waals surface area contributed by atoms with E-state index < -0.39 is 24.7 Å². The van der Waals surface area contributed by atoms with E-state index in [1.54, 1.807) is 9.47 Å². The van der Waals surface area contributed by atoms with Gasteiger partial charge in [-0.25, -0.2) is 19.7 Å². The first-order valence-electron chi connectivity index (χ1n) is 14.7. The van der Waals surface area contributed by atoms with E-state index in [0.717, 1.165) is 37.7 Å². The number of carbonyl (C=O) groups excluding carboxylic acids is 2. The van der Waals surface area contributed by atoms with Gasteiger partial charge in [-0.2, -0.15) is 0 Å².